The van der Waals surface area contributed by atoms with Crippen molar-refractivity contribution in [3.63, 3.8) is 0 Å². The number of rotatable bonds is 4. The second-order valence-corrected chi connectivity index (χ2v) is 5.27. The zero-order valence-corrected chi connectivity index (χ0v) is 12.7. The Bertz CT molecular complexity index is 834. The molecule has 0 saturated carbocycles. The number of ether oxygens (including phenoxy) is 1. The summed E-state index contributed by atoms with van der Waals surface area (Å²) in [6.07, 6.45) is 0.725. The van der Waals surface area contributed by atoms with Gasteiger partial charge < -0.3 is 9.15 Å². The molecule has 3 heteroatoms. The third-order valence-corrected chi connectivity index (χ3v) is 3.76. The molecule has 112 valence electrons. The molecule has 0 N–H and O–H groups in total. The van der Waals surface area contributed by atoms with E-state index in [0.717, 1.165) is 22.9 Å². The van der Waals surface area contributed by atoms with Gasteiger partial charge in [-0.15, -0.1) is 0 Å². The number of aryl methyl sites for hydroxylation is 1. The summed E-state index contributed by atoms with van der Waals surface area (Å²) < 4.78 is 11.3. The zero-order chi connectivity index (χ0) is 15.5. The average molecular weight is 294 g/mol. The lowest BCUT2D eigenvalue weighted by atomic mass is 10.1. The van der Waals surface area contributed by atoms with Crippen LogP contribution in [0.5, 0.6) is 5.75 Å². The Morgan fingerprint density at radius 2 is 1.86 bits per heavy atom. The van der Waals surface area contributed by atoms with Crippen LogP contribution in [-0.4, -0.2) is 0 Å². The van der Waals surface area contributed by atoms with Crippen LogP contribution in [0.15, 0.2) is 63.8 Å². The van der Waals surface area contributed by atoms with Crippen molar-refractivity contribution in [3.8, 4) is 5.75 Å². The van der Waals surface area contributed by atoms with Gasteiger partial charge in [0.1, 0.15) is 17.4 Å². The first-order valence-electron chi connectivity index (χ1n) is 7.45. The van der Waals surface area contributed by atoms with Crippen LogP contribution < -0.4 is 10.4 Å². The first-order valence-corrected chi connectivity index (χ1v) is 7.45. The van der Waals surface area contributed by atoms with Gasteiger partial charge in [0.15, 0.2) is 0 Å². The second kappa shape index (κ2) is 6.06. The van der Waals surface area contributed by atoms with Gasteiger partial charge in [0, 0.05) is 17.5 Å². The topological polar surface area (TPSA) is 39.4 Å². The fourth-order valence-corrected chi connectivity index (χ4v) is 2.57. The molecule has 0 bridgehead atoms. The van der Waals surface area contributed by atoms with Gasteiger partial charge in [-0.2, -0.15) is 0 Å². The van der Waals surface area contributed by atoms with E-state index in [9.17, 15) is 4.79 Å². The molecule has 1 atom stereocenters. The van der Waals surface area contributed by atoms with Gasteiger partial charge in [0.2, 0.25) is 0 Å². The van der Waals surface area contributed by atoms with E-state index in [-0.39, 0.29) is 11.7 Å². The molecule has 22 heavy (non-hydrogen) atoms. The molecule has 0 aliphatic rings. The predicted octanol–water partition coefficient (Wildman–Crippen LogP) is 4.50. The summed E-state index contributed by atoms with van der Waals surface area (Å²) in [7, 11) is 0. The summed E-state index contributed by atoms with van der Waals surface area (Å²) in [6.45, 7) is 4.02. The quantitative estimate of drug-likeness (QED) is 0.665. The molecule has 0 saturated heterocycles. The smallest absolute Gasteiger partial charge is 0.336 e. The van der Waals surface area contributed by atoms with E-state index in [0.29, 0.717) is 11.3 Å². The van der Waals surface area contributed by atoms with Crippen molar-refractivity contribution >= 4 is 11.0 Å². The van der Waals surface area contributed by atoms with Crippen molar-refractivity contribution < 1.29 is 9.15 Å². The van der Waals surface area contributed by atoms with Gasteiger partial charge in [-0.3, -0.25) is 0 Å². The van der Waals surface area contributed by atoms with Gasteiger partial charge in [-0.1, -0.05) is 37.3 Å². The number of hydrogen-bond acceptors (Lipinski definition) is 3. The molecule has 3 nitrogen and oxygen atoms in total. The van der Waals surface area contributed by atoms with Gasteiger partial charge in [-0.05, 0) is 36.6 Å². The molecule has 1 unspecified atom stereocenters. The van der Waals surface area contributed by atoms with Crippen LogP contribution in [0.1, 0.15) is 31.1 Å². The molecule has 1 aromatic heterocycles. The van der Waals surface area contributed by atoms with E-state index in [1.807, 2.05) is 56.3 Å². The Balaban J connectivity index is 1.94. The van der Waals surface area contributed by atoms with Gasteiger partial charge in [-0.25, -0.2) is 4.79 Å². The van der Waals surface area contributed by atoms with Gasteiger partial charge >= 0.3 is 5.63 Å². The maximum absolute atomic E-state index is 11.6. The lowest BCUT2D eigenvalue weighted by Gasteiger charge is -2.15. The molecule has 3 aromatic rings. The molecule has 1 heterocycles. The van der Waals surface area contributed by atoms with Crippen LogP contribution >= 0.6 is 0 Å². The van der Waals surface area contributed by atoms with E-state index < -0.39 is 0 Å². The van der Waals surface area contributed by atoms with Crippen molar-refractivity contribution in [3.05, 3.63) is 76.1 Å². The predicted molar refractivity (Wildman–Crippen MR) is 87.3 cm³/mol. The normalized spacial score (nSPS) is 12.3. The summed E-state index contributed by atoms with van der Waals surface area (Å²) in [4.78, 5) is 11.6. The zero-order valence-electron chi connectivity index (χ0n) is 12.7. The van der Waals surface area contributed by atoms with E-state index in [2.05, 4.69) is 0 Å². The molecule has 0 radical (unpaired) electrons. The third-order valence-electron chi connectivity index (χ3n) is 3.76. The highest BCUT2D eigenvalue weighted by molar-refractivity contribution is 5.81. The molecule has 3 rings (SSSR count). The van der Waals surface area contributed by atoms with E-state index in [1.54, 1.807) is 12.1 Å². The van der Waals surface area contributed by atoms with Gasteiger partial charge in [0.25, 0.3) is 0 Å². The van der Waals surface area contributed by atoms with E-state index >= 15 is 0 Å². The highest BCUT2D eigenvalue weighted by Gasteiger charge is 2.09. The highest BCUT2D eigenvalue weighted by atomic mass is 16.5. The van der Waals surface area contributed by atoms with Crippen LogP contribution in [0.3, 0.4) is 0 Å². The Hall–Kier alpha value is -2.55. The molecule has 0 spiro atoms. The van der Waals surface area contributed by atoms with Crippen molar-refractivity contribution in [2.24, 2.45) is 0 Å². The highest BCUT2D eigenvalue weighted by Crippen LogP contribution is 2.26. The summed E-state index contributed by atoms with van der Waals surface area (Å²) in [5, 5.41) is 0.960. The fraction of sp³-hybridized carbons (Fsp3) is 0.211. The molecular weight excluding hydrogens is 276 g/mol. The third kappa shape index (κ3) is 2.89. The maximum atomic E-state index is 11.6. The monoisotopic (exact) mass is 294 g/mol. The van der Waals surface area contributed by atoms with Crippen molar-refractivity contribution in [1.82, 2.24) is 0 Å². The number of benzene rings is 2. The van der Waals surface area contributed by atoms with Crippen molar-refractivity contribution in [1.29, 1.82) is 0 Å². The van der Waals surface area contributed by atoms with Crippen LogP contribution in [0.2, 0.25) is 0 Å². The first kappa shape index (κ1) is 14.4. The minimum Gasteiger partial charge on any atom is -0.486 e. The lowest BCUT2D eigenvalue weighted by molar-refractivity contribution is 0.227. The average Bonchev–Trinajstić information content (AvgIpc) is 2.54. The Kier molecular flexibility index (Phi) is 3.96. The Morgan fingerprint density at radius 3 is 2.59 bits per heavy atom. The summed E-state index contributed by atoms with van der Waals surface area (Å²) >= 11 is 0. The Morgan fingerprint density at radius 1 is 1.09 bits per heavy atom. The Labute approximate surface area is 129 Å². The van der Waals surface area contributed by atoms with Crippen LogP contribution in [0.25, 0.3) is 11.0 Å². The molecule has 0 aliphatic heterocycles. The number of fused-ring (bicyclic) bond motifs is 1. The van der Waals surface area contributed by atoms with Crippen LogP contribution in [0.4, 0.5) is 0 Å². The van der Waals surface area contributed by atoms with E-state index in [4.69, 9.17) is 9.15 Å². The second-order valence-electron chi connectivity index (χ2n) is 5.27. The molecule has 0 fully saturated rings. The molecular formula is C19H18O3. The summed E-state index contributed by atoms with van der Waals surface area (Å²) in [5.74, 6) is 0.695. The molecule has 2 aromatic carbocycles. The van der Waals surface area contributed by atoms with Crippen molar-refractivity contribution in [2.45, 2.75) is 26.4 Å². The first-order chi connectivity index (χ1) is 10.7. The maximum Gasteiger partial charge on any atom is 0.336 e. The van der Waals surface area contributed by atoms with Crippen LogP contribution in [-0.2, 0) is 6.42 Å². The summed E-state index contributed by atoms with van der Waals surface area (Å²) in [6, 6.07) is 17.2. The lowest BCUT2D eigenvalue weighted by Crippen LogP contribution is -2.03. The van der Waals surface area contributed by atoms with E-state index in [1.165, 1.54) is 0 Å². The van der Waals surface area contributed by atoms with Crippen LogP contribution in [0, 0.1) is 0 Å². The van der Waals surface area contributed by atoms with Crippen molar-refractivity contribution in [2.75, 3.05) is 0 Å². The minimum atomic E-state index is -0.322. The minimum absolute atomic E-state index is 0.0697. The number of hydrogen-bond donors (Lipinski definition) is 0. The standard InChI is InChI=1S/C19H18O3/c1-3-14-11-19(20)22-18-12-16(9-10-17(14)18)21-13(2)15-7-5-4-6-8-15/h4-13H,3H2,1-2H3. The molecule has 0 aliphatic carbocycles. The summed E-state index contributed by atoms with van der Waals surface area (Å²) in [5.41, 5.74) is 2.35. The SMILES string of the molecule is CCc1cc(=O)oc2cc(OC(C)c3ccccc3)ccc12. The largest absolute Gasteiger partial charge is 0.486 e. The van der Waals surface area contributed by atoms with Gasteiger partial charge in [0.05, 0.1) is 0 Å². The molecule has 0 amide bonds. The fourth-order valence-electron chi connectivity index (χ4n) is 2.57.